The number of carbonyl (C=O) groups excluding carboxylic acids is 2. The number of rotatable bonds is 12. The van der Waals surface area contributed by atoms with Crippen molar-refractivity contribution in [2.45, 2.75) is 76.9 Å². The third-order valence-electron chi connectivity index (χ3n) is 7.50. The lowest BCUT2D eigenvalue weighted by Crippen LogP contribution is -2.48. The Morgan fingerprint density at radius 2 is 2.00 bits per heavy atom. The first-order valence-electron chi connectivity index (χ1n) is 13.7. The topological polar surface area (TPSA) is 130 Å². The molecule has 38 heavy (non-hydrogen) atoms. The SMILES string of the molecule is COCCNC(=O)[C@@H]1C[C@@H]2CCCC[C@@H]2N1c1cc(CNC(=O)c2ccc(CCCCO)cn2)nc(C)n1. The fourth-order valence-corrected chi connectivity index (χ4v) is 5.66. The Morgan fingerprint density at radius 3 is 2.76 bits per heavy atom. The molecule has 0 radical (unpaired) electrons. The summed E-state index contributed by atoms with van der Waals surface area (Å²) in [7, 11) is 1.62. The van der Waals surface area contributed by atoms with E-state index in [0.29, 0.717) is 36.3 Å². The molecule has 2 aliphatic rings. The number of anilines is 1. The Morgan fingerprint density at radius 1 is 1.16 bits per heavy atom. The molecule has 206 valence electrons. The fraction of sp³-hybridized carbons (Fsp3) is 0.607. The zero-order valence-corrected chi connectivity index (χ0v) is 22.5. The number of carbonyl (C=O) groups is 2. The van der Waals surface area contributed by atoms with Gasteiger partial charge < -0.3 is 25.4 Å². The fourth-order valence-electron chi connectivity index (χ4n) is 5.66. The molecule has 0 bridgehead atoms. The maximum atomic E-state index is 13.2. The van der Waals surface area contributed by atoms with Crippen LogP contribution >= 0.6 is 0 Å². The molecule has 10 heteroatoms. The summed E-state index contributed by atoms with van der Waals surface area (Å²) in [5.41, 5.74) is 2.08. The van der Waals surface area contributed by atoms with Crippen molar-refractivity contribution in [1.82, 2.24) is 25.6 Å². The zero-order valence-electron chi connectivity index (χ0n) is 22.5. The summed E-state index contributed by atoms with van der Waals surface area (Å²) in [4.78, 5) is 41.7. The smallest absolute Gasteiger partial charge is 0.270 e. The number of aliphatic hydroxyl groups excluding tert-OH is 1. The molecule has 3 heterocycles. The summed E-state index contributed by atoms with van der Waals surface area (Å²) in [6.07, 6.45) is 9.51. The number of unbranched alkanes of at least 4 members (excludes halogenated alkanes) is 1. The van der Waals surface area contributed by atoms with E-state index in [1.165, 1.54) is 6.42 Å². The minimum atomic E-state index is -0.281. The second-order valence-corrected chi connectivity index (χ2v) is 10.2. The van der Waals surface area contributed by atoms with Crippen LogP contribution in [0.15, 0.2) is 24.4 Å². The van der Waals surface area contributed by atoms with E-state index < -0.39 is 0 Å². The lowest BCUT2D eigenvalue weighted by atomic mass is 9.84. The van der Waals surface area contributed by atoms with Gasteiger partial charge in [-0.15, -0.1) is 0 Å². The van der Waals surface area contributed by atoms with Crippen molar-refractivity contribution in [3.8, 4) is 0 Å². The number of nitrogens with zero attached hydrogens (tertiary/aromatic N) is 4. The van der Waals surface area contributed by atoms with Crippen LogP contribution in [0.1, 0.15) is 72.5 Å². The van der Waals surface area contributed by atoms with Crippen LogP contribution in [0.5, 0.6) is 0 Å². The van der Waals surface area contributed by atoms with E-state index in [0.717, 1.165) is 56.3 Å². The molecule has 0 aromatic carbocycles. The molecule has 1 saturated heterocycles. The van der Waals surface area contributed by atoms with Gasteiger partial charge in [0.05, 0.1) is 18.8 Å². The summed E-state index contributed by atoms with van der Waals surface area (Å²) in [6.45, 7) is 3.21. The standard InChI is InChI=1S/C28H40N6O4/c1-19-32-22(18-31-27(36)23-11-10-20(17-30-23)7-5-6-13-35)16-26(33-19)34-24-9-4-3-8-21(24)15-25(34)28(37)29-12-14-38-2/h10-11,16-17,21,24-25,35H,3-9,12-15,18H2,1-2H3,(H,29,37)(H,31,36)/t21-,24-,25-/m0/s1. The van der Waals surface area contributed by atoms with Crippen molar-refractivity contribution in [3.63, 3.8) is 0 Å². The summed E-state index contributed by atoms with van der Waals surface area (Å²) in [6, 6.07) is 5.52. The van der Waals surface area contributed by atoms with Crippen molar-refractivity contribution in [2.24, 2.45) is 5.92 Å². The molecule has 1 aliphatic heterocycles. The minimum absolute atomic E-state index is 0.00782. The number of aryl methyl sites for hydroxylation is 2. The Labute approximate surface area is 224 Å². The Kier molecular flexibility index (Phi) is 10.0. The monoisotopic (exact) mass is 524 g/mol. The van der Waals surface area contributed by atoms with Gasteiger partial charge in [0.1, 0.15) is 23.4 Å². The van der Waals surface area contributed by atoms with E-state index in [-0.39, 0.29) is 37.0 Å². The molecule has 10 nitrogen and oxygen atoms in total. The van der Waals surface area contributed by atoms with Crippen LogP contribution in [0.4, 0.5) is 5.82 Å². The first-order chi connectivity index (χ1) is 18.5. The second-order valence-electron chi connectivity index (χ2n) is 10.2. The summed E-state index contributed by atoms with van der Waals surface area (Å²) >= 11 is 0. The highest BCUT2D eigenvalue weighted by atomic mass is 16.5. The lowest BCUT2D eigenvalue weighted by molar-refractivity contribution is -0.122. The largest absolute Gasteiger partial charge is 0.396 e. The van der Waals surface area contributed by atoms with Crippen LogP contribution in [0.3, 0.4) is 0 Å². The number of ether oxygens (including phenoxy) is 1. The summed E-state index contributed by atoms with van der Waals surface area (Å²) in [5, 5.41) is 14.9. The molecule has 4 rings (SSSR count). The lowest BCUT2D eigenvalue weighted by Gasteiger charge is -2.34. The van der Waals surface area contributed by atoms with Gasteiger partial charge in [-0.3, -0.25) is 14.6 Å². The molecule has 2 aromatic heterocycles. The number of pyridine rings is 1. The molecular formula is C28H40N6O4. The maximum absolute atomic E-state index is 13.2. The van der Waals surface area contributed by atoms with E-state index in [2.05, 4.69) is 25.5 Å². The number of hydrogen-bond acceptors (Lipinski definition) is 8. The third-order valence-corrected chi connectivity index (χ3v) is 7.50. The van der Waals surface area contributed by atoms with Crippen LogP contribution in [-0.4, -0.2) is 70.8 Å². The van der Waals surface area contributed by atoms with Crippen LogP contribution in [0.2, 0.25) is 0 Å². The quantitative estimate of drug-likeness (QED) is 0.361. The van der Waals surface area contributed by atoms with E-state index in [1.807, 2.05) is 19.1 Å². The van der Waals surface area contributed by atoms with Crippen molar-refractivity contribution in [2.75, 3.05) is 31.8 Å². The maximum Gasteiger partial charge on any atom is 0.270 e. The highest BCUT2D eigenvalue weighted by Crippen LogP contribution is 2.42. The van der Waals surface area contributed by atoms with Crippen LogP contribution in [0, 0.1) is 12.8 Å². The molecule has 3 atom stereocenters. The van der Waals surface area contributed by atoms with Crippen molar-refractivity contribution in [3.05, 3.63) is 47.2 Å². The van der Waals surface area contributed by atoms with Gasteiger partial charge in [0, 0.05) is 38.6 Å². The minimum Gasteiger partial charge on any atom is -0.396 e. The number of aromatic nitrogens is 3. The van der Waals surface area contributed by atoms with Crippen LogP contribution in [0.25, 0.3) is 0 Å². The molecule has 3 N–H and O–H groups in total. The molecule has 0 unspecified atom stereocenters. The molecule has 2 amide bonds. The molecule has 1 aliphatic carbocycles. The van der Waals surface area contributed by atoms with Crippen molar-refractivity contribution in [1.29, 1.82) is 0 Å². The number of hydrogen-bond donors (Lipinski definition) is 3. The predicted molar refractivity (Wildman–Crippen MR) is 144 cm³/mol. The van der Waals surface area contributed by atoms with Gasteiger partial charge in [0.25, 0.3) is 5.91 Å². The van der Waals surface area contributed by atoms with Crippen LogP contribution in [-0.2, 0) is 22.5 Å². The Balaban J connectivity index is 1.45. The Hall–Kier alpha value is -3.11. The number of aliphatic hydroxyl groups is 1. The predicted octanol–water partition coefficient (Wildman–Crippen LogP) is 2.33. The Bertz CT molecular complexity index is 1080. The molecule has 2 aromatic rings. The van der Waals surface area contributed by atoms with Crippen molar-refractivity contribution >= 4 is 17.6 Å². The number of fused-ring (bicyclic) bond motifs is 1. The average molecular weight is 525 g/mol. The number of nitrogens with one attached hydrogen (secondary N) is 2. The van der Waals surface area contributed by atoms with Gasteiger partial charge in [-0.05, 0) is 63.0 Å². The highest BCUT2D eigenvalue weighted by molar-refractivity contribution is 5.92. The van der Waals surface area contributed by atoms with Crippen LogP contribution < -0.4 is 15.5 Å². The summed E-state index contributed by atoms with van der Waals surface area (Å²) < 4.78 is 5.10. The van der Waals surface area contributed by atoms with Gasteiger partial charge in [-0.2, -0.15) is 0 Å². The van der Waals surface area contributed by atoms with E-state index in [1.54, 1.807) is 19.4 Å². The highest BCUT2D eigenvalue weighted by Gasteiger charge is 2.45. The third kappa shape index (κ3) is 7.05. The van der Waals surface area contributed by atoms with E-state index >= 15 is 0 Å². The molecule has 2 fully saturated rings. The second kappa shape index (κ2) is 13.6. The van der Waals surface area contributed by atoms with Gasteiger partial charge in [-0.25, -0.2) is 9.97 Å². The van der Waals surface area contributed by atoms with Gasteiger partial charge >= 0.3 is 0 Å². The number of amides is 2. The van der Waals surface area contributed by atoms with E-state index in [9.17, 15) is 9.59 Å². The normalized spacial score (nSPS) is 20.7. The average Bonchev–Trinajstić information content (AvgIpc) is 3.32. The first kappa shape index (κ1) is 27.9. The summed E-state index contributed by atoms with van der Waals surface area (Å²) in [5.74, 6) is 1.56. The number of methoxy groups -OCH3 is 1. The van der Waals surface area contributed by atoms with Gasteiger partial charge in [0.2, 0.25) is 5.91 Å². The van der Waals surface area contributed by atoms with Gasteiger partial charge in [0.15, 0.2) is 0 Å². The zero-order chi connectivity index (χ0) is 26.9. The molecule has 1 saturated carbocycles. The first-order valence-corrected chi connectivity index (χ1v) is 13.7. The van der Waals surface area contributed by atoms with E-state index in [4.69, 9.17) is 14.8 Å². The van der Waals surface area contributed by atoms with Crippen molar-refractivity contribution < 1.29 is 19.4 Å². The molecular weight excluding hydrogens is 484 g/mol. The molecule has 0 spiro atoms. The van der Waals surface area contributed by atoms with Gasteiger partial charge in [-0.1, -0.05) is 18.9 Å².